The fourth-order valence-electron chi connectivity index (χ4n) is 3.61. The summed E-state index contributed by atoms with van der Waals surface area (Å²) in [6.07, 6.45) is 1.53. The highest BCUT2D eigenvalue weighted by Crippen LogP contribution is 2.31. The summed E-state index contributed by atoms with van der Waals surface area (Å²) in [5, 5.41) is 0. The van der Waals surface area contributed by atoms with Crippen LogP contribution in [0, 0.1) is 6.92 Å². The van der Waals surface area contributed by atoms with Crippen molar-refractivity contribution < 1.29 is 13.2 Å². The van der Waals surface area contributed by atoms with Gasteiger partial charge < -0.3 is 4.90 Å². The first-order valence-corrected chi connectivity index (χ1v) is 11.0. The first-order valence-electron chi connectivity index (χ1n) is 9.53. The van der Waals surface area contributed by atoms with Gasteiger partial charge in [0.05, 0.1) is 4.90 Å². The molecule has 3 aromatic rings. The zero-order chi connectivity index (χ0) is 20.4. The molecule has 0 saturated heterocycles. The number of sulfonamides is 1. The number of hydrogen-bond donors (Lipinski definition) is 1. The van der Waals surface area contributed by atoms with Crippen molar-refractivity contribution in [2.24, 2.45) is 0 Å². The van der Waals surface area contributed by atoms with Crippen molar-refractivity contribution in [3.63, 3.8) is 0 Å². The SMILES string of the molecule is Cc1cccc(NS(=O)(=O)c2ccc3c(c2)CCCN3C(=O)c2ccccc2)c1. The lowest BCUT2D eigenvalue weighted by molar-refractivity contribution is 0.0985. The number of nitrogens with zero attached hydrogens (tertiary/aromatic N) is 1. The van der Waals surface area contributed by atoms with E-state index in [-0.39, 0.29) is 10.8 Å². The quantitative estimate of drug-likeness (QED) is 0.699. The Morgan fingerprint density at radius 3 is 2.52 bits per heavy atom. The molecule has 4 rings (SSSR count). The Morgan fingerprint density at radius 2 is 1.76 bits per heavy atom. The maximum Gasteiger partial charge on any atom is 0.261 e. The van der Waals surface area contributed by atoms with Crippen LogP contribution in [0.1, 0.15) is 27.9 Å². The Bertz CT molecular complexity index is 1160. The second kappa shape index (κ2) is 7.72. The van der Waals surface area contributed by atoms with E-state index in [0.717, 1.165) is 29.7 Å². The Morgan fingerprint density at radius 1 is 0.966 bits per heavy atom. The number of rotatable bonds is 4. The summed E-state index contributed by atoms with van der Waals surface area (Å²) >= 11 is 0. The van der Waals surface area contributed by atoms with Crippen LogP contribution < -0.4 is 9.62 Å². The van der Waals surface area contributed by atoms with Crippen LogP contribution in [-0.4, -0.2) is 20.9 Å². The van der Waals surface area contributed by atoms with Gasteiger partial charge in [-0.1, -0.05) is 30.3 Å². The van der Waals surface area contributed by atoms with Crippen molar-refractivity contribution in [3.05, 3.63) is 89.5 Å². The zero-order valence-corrected chi connectivity index (χ0v) is 16.9. The molecule has 148 valence electrons. The number of benzene rings is 3. The molecule has 0 aliphatic carbocycles. The molecule has 0 aromatic heterocycles. The summed E-state index contributed by atoms with van der Waals surface area (Å²) in [7, 11) is -3.71. The number of fused-ring (bicyclic) bond motifs is 1. The van der Waals surface area contributed by atoms with Crippen LogP contribution in [0.3, 0.4) is 0 Å². The van der Waals surface area contributed by atoms with Crippen molar-refractivity contribution in [1.29, 1.82) is 0 Å². The Kier molecular flexibility index (Phi) is 5.11. The molecule has 1 amide bonds. The number of hydrogen-bond acceptors (Lipinski definition) is 3. The van der Waals surface area contributed by atoms with E-state index in [1.54, 1.807) is 47.4 Å². The maximum atomic E-state index is 12.9. The van der Waals surface area contributed by atoms with Gasteiger partial charge in [-0.2, -0.15) is 0 Å². The molecular formula is C23H22N2O3S. The number of carbonyl (C=O) groups is 1. The van der Waals surface area contributed by atoms with Gasteiger partial charge in [0.1, 0.15) is 0 Å². The van der Waals surface area contributed by atoms with Gasteiger partial charge in [-0.25, -0.2) is 8.42 Å². The van der Waals surface area contributed by atoms with Gasteiger partial charge >= 0.3 is 0 Å². The third-order valence-corrected chi connectivity index (χ3v) is 6.40. The van der Waals surface area contributed by atoms with Crippen LogP contribution in [0.5, 0.6) is 0 Å². The lowest BCUT2D eigenvalue weighted by atomic mass is 10.0. The van der Waals surface area contributed by atoms with E-state index >= 15 is 0 Å². The highest BCUT2D eigenvalue weighted by Gasteiger charge is 2.25. The van der Waals surface area contributed by atoms with E-state index in [4.69, 9.17) is 0 Å². The molecule has 0 radical (unpaired) electrons. The minimum atomic E-state index is -3.71. The Labute approximate surface area is 171 Å². The van der Waals surface area contributed by atoms with E-state index in [1.165, 1.54) is 0 Å². The molecule has 0 spiro atoms. The summed E-state index contributed by atoms with van der Waals surface area (Å²) in [5.74, 6) is -0.0694. The first kappa shape index (κ1) is 19.2. The predicted molar refractivity (Wildman–Crippen MR) is 115 cm³/mol. The van der Waals surface area contributed by atoms with Crippen LogP contribution >= 0.6 is 0 Å². The zero-order valence-electron chi connectivity index (χ0n) is 16.1. The molecule has 6 heteroatoms. The molecule has 3 aromatic carbocycles. The lowest BCUT2D eigenvalue weighted by Crippen LogP contribution is -2.35. The second-order valence-corrected chi connectivity index (χ2v) is 8.87. The molecule has 0 saturated carbocycles. The lowest BCUT2D eigenvalue weighted by Gasteiger charge is -2.30. The standard InChI is InChI=1S/C23H22N2O3S/c1-17-7-5-11-20(15-17)24-29(27,28)21-12-13-22-19(16-21)10-6-14-25(22)23(26)18-8-3-2-4-9-18/h2-5,7-9,11-13,15-16,24H,6,10,14H2,1H3. The van der Waals surface area contributed by atoms with Crippen LogP contribution in [0.2, 0.25) is 0 Å². The predicted octanol–water partition coefficient (Wildman–Crippen LogP) is 4.39. The van der Waals surface area contributed by atoms with Gasteiger partial charge in [0.15, 0.2) is 0 Å². The molecule has 5 nitrogen and oxygen atoms in total. The van der Waals surface area contributed by atoms with Crippen molar-refractivity contribution in [2.45, 2.75) is 24.7 Å². The number of aryl methyl sites for hydroxylation is 2. The molecule has 0 atom stereocenters. The van der Waals surface area contributed by atoms with Crippen molar-refractivity contribution in [3.8, 4) is 0 Å². The fraction of sp³-hybridized carbons (Fsp3) is 0.174. The van der Waals surface area contributed by atoms with Gasteiger partial charge in [0.2, 0.25) is 0 Å². The largest absolute Gasteiger partial charge is 0.308 e. The molecule has 0 bridgehead atoms. The highest BCUT2D eigenvalue weighted by atomic mass is 32.2. The summed E-state index contributed by atoms with van der Waals surface area (Å²) in [6, 6.07) is 21.4. The van der Waals surface area contributed by atoms with E-state index in [0.29, 0.717) is 17.8 Å². The average Bonchev–Trinajstić information content (AvgIpc) is 2.72. The monoisotopic (exact) mass is 406 g/mol. The number of amides is 1. The van der Waals surface area contributed by atoms with E-state index < -0.39 is 10.0 Å². The van der Waals surface area contributed by atoms with Gasteiger partial charge in [-0.15, -0.1) is 0 Å². The summed E-state index contributed by atoms with van der Waals surface area (Å²) in [6.45, 7) is 2.53. The van der Waals surface area contributed by atoms with Gasteiger partial charge in [-0.05, 0) is 73.4 Å². The van der Waals surface area contributed by atoms with Crippen LogP contribution in [0.4, 0.5) is 11.4 Å². The number of nitrogens with one attached hydrogen (secondary N) is 1. The van der Waals surface area contributed by atoms with Crippen molar-refractivity contribution in [2.75, 3.05) is 16.2 Å². The molecule has 1 aliphatic heterocycles. The molecule has 1 aliphatic rings. The Hall–Kier alpha value is -3.12. The van der Waals surface area contributed by atoms with Gasteiger partial charge in [-0.3, -0.25) is 9.52 Å². The van der Waals surface area contributed by atoms with E-state index in [9.17, 15) is 13.2 Å². The van der Waals surface area contributed by atoms with Crippen molar-refractivity contribution in [1.82, 2.24) is 0 Å². The van der Waals surface area contributed by atoms with Gasteiger partial charge in [0.25, 0.3) is 15.9 Å². The van der Waals surface area contributed by atoms with Crippen LogP contribution in [0.15, 0.2) is 77.7 Å². The minimum Gasteiger partial charge on any atom is -0.308 e. The smallest absolute Gasteiger partial charge is 0.261 e. The van der Waals surface area contributed by atoms with Crippen LogP contribution in [0.25, 0.3) is 0 Å². The molecule has 29 heavy (non-hydrogen) atoms. The average molecular weight is 407 g/mol. The normalized spacial score (nSPS) is 13.6. The maximum absolute atomic E-state index is 12.9. The molecule has 0 unspecified atom stereocenters. The third kappa shape index (κ3) is 4.03. The molecule has 0 fully saturated rings. The Balaban J connectivity index is 1.64. The number of carbonyl (C=O) groups excluding carboxylic acids is 1. The first-order chi connectivity index (χ1) is 13.9. The van der Waals surface area contributed by atoms with Gasteiger partial charge in [0, 0.05) is 23.5 Å². The highest BCUT2D eigenvalue weighted by molar-refractivity contribution is 7.92. The molecular weight excluding hydrogens is 384 g/mol. The summed E-state index contributed by atoms with van der Waals surface area (Å²) < 4.78 is 28.3. The molecule has 1 N–H and O–H groups in total. The van der Waals surface area contributed by atoms with E-state index in [1.807, 2.05) is 37.3 Å². The third-order valence-electron chi connectivity index (χ3n) is 5.02. The number of anilines is 2. The fourth-order valence-corrected chi connectivity index (χ4v) is 4.71. The second-order valence-electron chi connectivity index (χ2n) is 7.19. The summed E-state index contributed by atoms with van der Waals surface area (Å²) in [5.41, 5.74) is 3.78. The topological polar surface area (TPSA) is 66.5 Å². The summed E-state index contributed by atoms with van der Waals surface area (Å²) in [4.78, 5) is 14.8. The minimum absolute atomic E-state index is 0.0694. The molecule has 1 heterocycles. The van der Waals surface area contributed by atoms with Crippen molar-refractivity contribution >= 4 is 27.3 Å². The van der Waals surface area contributed by atoms with E-state index in [2.05, 4.69) is 4.72 Å². The van der Waals surface area contributed by atoms with Crippen LogP contribution in [-0.2, 0) is 16.4 Å².